The first-order valence-electron chi connectivity index (χ1n) is 4.53. The van der Waals surface area contributed by atoms with Crippen molar-refractivity contribution < 1.29 is 4.79 Å². The van der Waals surface area contributed by atoms with Gasteiger partial charge in [0.1, 0.15) is 0 Å². The van der Waals surface area contributed by atoms with Gasteiger partial charge in [-0.15, -0.1) is 0 Å². The molecule has 0 saturated heterocycles. The van der Waals surface area contributed by atoms with E-state index < -0.39 is 5.92 Å². The van der Waals surface area contributed by atoms with Crippen molar-refractivity contribution in [3.63, 3.8) is 0 Å². The Kier molecular flexibility index (Phi) is 3.03. The fourth-order valence-electron chi connectivity index (χ4n) is 1.94. The molecule has 0 heterocycles. The summed E-state index contributed by atoms with van der Waals surface area (Å²) in [5.74, 6) is -0.929. The van der Waals surface area contributed by atoms with Crippen LogP contribution in [0, 0.1) is 40.4 Å². The van der Waals surface area contributed by atoms with Gasteiger partial charge in [-0.25, -0.2) is 0 Å². The number of carbonyl (C=O) groups excluding carboxylic acids is 1. The summed E-state index contributed by atoms with van der Waals surface area (Å²) in [5.41, 5.74) is 0. The second-order valence-corrected chi connectivity index (χ2v) is 3.61. The zero-order valence-electron chi connectivity index (χ0n) is 7.66. The van der Waals surface area contributed by atoms with Crippen molar-refractivity contribution in [3.8, 4) is 12.1 Å². The molecule has 0 aromatic rings. The molecule has 1 fully saturated rings. The highest BCUT2D eigenvalue weighted by Crippen LogP contribution is 2.33. The van der Waals surface area contributed by atoms with Crippen molar-refractivity contribution in [2.45, 2.75) is 26.2 Å². The van der Waals surface area contributed by atoms with Crippen LogP contribution in [0.15, 0.2) is 0 Å². The van der Waals surface area contributed by atoms with Crippen LogP contribution in [-0.2, 0) is 4.79 Å². The average molecular weight is 176 g/mol. The number of hydrogen-bond donors (Lipinski definition) is 0. The van der Waals surface area contributed by atoms with E-state index in [2.05, 4.69) is 0 Å². The molecule has 1 saturated carbocycles. The summed E-state index contributed by atoms with van der Waals surface area (Å²) < 4.78 is 0. The predicted octanol–water partition coefficient (Wildman–Crippen LogP) is 1.66. The summed E-state index contributed by atoms with van der Waals surface area (Å²) in [6, 6.07) is 3.48. The van der Waals surface area contributed by atoms with E-state index in [1.54, 1.807) is 12.1 Å². The standard InChI is InChI=1S/C10H12N2O/c1-7-3-2-4-9(7)10(13)8(5-11)6-12/h7-9H,2-4H2,1H3. The molecule has 1 aliphatic carbocycles. The first kappa shape index (κ1) is 9.74. The number of Topliss-reactive ketones (excluding diaryl/α,β-unsaturated/α-hetero) is 1. The zero-order valence-corrected chi connectivity index (χ0v) is 7.66. The Labute approximate surface area is 78.0 Å². The first-order chi connectivity index (χ1) is 6.20. The van der Waals surface area contributed by atoms with Crippen LogP contribution >= 0.6 is 0 Å². The minimum absolute atomic E-state index is 0.0516. The second kappa shape index (κ2) is 4.05. The van der Waals surface area contributed by atoms with Crippen molar-refractivity contribution in [1.29, 1.82) is 10.5 Å². The molecule has 0 radical (unpaired) electrons. The molecule has 0 aliphatic heterocycles. The molecule has 68 valence electrons. The zero-order chi connectivity index (χ0) is 9.84. The predicted molar refractivity (Wildman–Crippen MR) is 46.2 cm³/mol. The lowest BCUT2D eigenvalue weighted by atomic mass is 9.87. The summed E-state index contributed by atoms with van der Waals surface area (Å²) >= 11 is 0. The molecule has 0 aromatic carbocycles. The van der Waals surface area contributed by atoms with Crippen LogP contribution in [0.25, 0.3) is 0 Å². The van der Waals surface area contributed by atoms with E-state index >= 15 is 0 Å². The Bertz CT molecular complexity index is 270. The molecule has 2 unspecified atom stereocenters. The van der Waals surface area contributed by atoms with Crippen LogP contribution in [0.2, 0.25) is 0 Å². The average Bonchev–Trinajstić information content (AvgIpc) is 2.53. The van der Waals surface area contributed by atoms with Gasteiger partial charge in [0.25, 0.3) is 0 Å². The van der Waals surface area contributed by atoms with E-state index in [9.17, 15) is 4.79 Å². The summed E-state index contributed by atoms with van der Waals surface area (Å²) in [7, 11) is 0. The third-order valence-corrected chi connectivity index (χ3v) is 2.77. The number of ketones is 1. The maximum Gasteiger partial charge on any atom is 0.191 e. The number of nitriles is 2. The van der Waals surface area contributed by atoms with Crippen LogP contribution < -0.4 is 0 Å². The minimum atomic E-state index is -1.05. The topological polar surface area (TPSA) is 64.7 Å². The van der Waals surface area contributed by atoms with Crippen LogP contribution in [0.1, 0.15) is 26.2 Å². The molecule has 0 spiro atoms. The Balaban J connectivity index is 2.68. The summed E-state index contributed by atoms with van der Waals surface area (Å²) in [5, 5.41) is 17.1. The van der Waals surface area contributed by atoms with Gasteiger partial charge in [-0.1, -0.05) is 13.3 Å². The smallest absolute Gasteiger partial charge is 0.191 e. The quantitative estimate of drug-likeness (QED) is 0.642. The van der Waals surface area contributed by atoms with E-state index in [1.165, 1.54) is 0 Å². The Hall–Kier alpha value is -1.35. The van der Waals surface area contributed by atoms with Gasteiger partial charge in [-0.05, 0) is 18.8 Å². The van der Waals surface area contributed by atoms with E-state index in [4.69, 9.17) is 10.5 Å². The molecule has 3 heteroatoms. The third kappa shape index (κ3) is 1.87. The molecule has 0 N–H and O–H groups in total. The molecule has 13 heavy (non-hydrogen) atoms. The largest absolute Gasteiger partial charge is 0.297 e. The Morgan fingerprint density at radius 1 is 1.38 bits per heavy atom. The number of nitrogens with zero attached hydrogens (tertiary/aromatic N) is 2. The number of hydrogen-bond acceptors (Lipinski definition) is 3. The molecule has 0 aromatic heterocycles. The minimum Gasteiger partial charge on any atom is -0.297 e. The van der Waals surface area contributed by atoms with Crippen LogP contribution in [0.3, 0.4) is 0 Å². The fourth-order valence-corrected chi connectivity index (χ4v) is 1.94. The van der Waals surface area contributed by atoms with Gasteiger partial charge < -0.3 is 0 Å². The lowest BCUT2D eigenvalue weighted by molar-refractivity contribution is -0.124. The van der Waals surface area contributed by atoms with Crippen LogP contribution in [0.5, 0.6) is 0 Å². The molecular weight excluding hydrogens is 164 g/mol. The van der Waals surface area contributed by atoms with Gasteiger partial charge in [0.15, 0.2) is 11.7 Å². The van der Waals surface area contributed by atoms with E-state index in [-0.39, 0.29) is 11.7 Å². The normalized spacial score (nSPS) is 26.8. The monoisotopic (exact) mass is 176 g/mol. The van der Waals surface area contributed by atoms with Gasteiger partial charge >= 0.3 is 0 Å². The Morgan fingerprint density at radius 2 is 2.00 bits per heavy atom. The molecule has 1 aliphatic rings. The van der Waals surface area contributed by atoms with Crippen molar-refractivity contribution in [2.75, 3.05) is 0 Å². The van der Waals surface area contributed by atoms with Gasteiger partial charge in [0.2, 0.25) is 0 Å². The number of carbonyl (C=O) groups is 1. The number of rotatable bonds is 2. The fraction of sp³-hybridized carbons (Fsp3) is 0.700. The van der Waals surface area contributed by atoms with E-state index in [1.807, 2.05) is 6.92 Å². The summed E-state index contributed by atoms with van der Waals surface area (Å²) in [4.78, 5) is 11.6. The Morgan fingerprint density at radius 3 is 2.38 bits per heavy atom. The molecule has 3 nitrogen and oxygen atoms in total. The molecular formula is C10H12N2O. The van der Waals surface area contributed by atoms with Gasteiger partial charge in [-0.2, -0.15) is 10.5 Å². The van der Waals surface area contributed by atoms with Crippen molar-refractivity contribution in [2.24, 2.45) is 17.8 Å². The van der Waals surface area contributed by atoms with Gasteiger partial charge in [-0.3, -0.25) is 4.79 Å². The maximum atomic E-state index is 11.6. The van der Waals surface area contributed by atoms with Crippen molar-refractivity contribution >= 4 is 5.78 Å². The van der Waals surface area contributed by atoms with Crippen molar-refractivity contribution in [3.05, 3.63) is 0 Å². The highest BCUT2D eigenvalue weighted by atomic mass is 16.1. The summed E-state index contributed by atoms with van der Waals surface area (Å²) in [6.07, 6.45) is 2.93. The molecule has 1 rings (SSSR count). The van der Waals surface area contributed by atoms with E-state index in [0.717, 1.165) is 19.3 Å². The highest BCUT2D eigenvalue weighted by molar-refractivity contribution is 5.88. The highest BCUT2D eigenvalue weighted by Gasteiger charge is 2.33. The maximum absolute atomic E-state index is 11.6. The van der Waals surface area contributed by atoms with Crippen LogP contribution in [0.4, 0.5) is 0 Å². The SMILES string of the molecule is CC1CCCC1C(=O)C(C#N)C#N. The lowest BCUT2D eigenvalue weighted by Crippen LogP contribution is -2.23. The molecule has 0 amide bonds. The van der Waals surface area contributed by atoms with E-state index in [0.29, 0.717) is 5.92 Å². The van der Waals surface area contributed by atoms with Gasteiger partial charge in [0.05, 0.1) is 12.1 Å². The molecule has 0 bridgehead atoms. The van der Waals surface area contributed by atoms with Crippen LogP contribution in [-0.4, -0.2) is 5.78 Å². The van der Waals surface area contributed by atoms with Crippen molar-refractivity contribution in [1.82, 2.24) is 0 Å². The second-order valence-electron chi connectivity index (χ2n) is 3.61. The van der Waals surface area contributed by atoms with Gasteiger partial charge in [0, 0.05) is 5.92 Å². The first-order valence-corrected chi connectivity index (χ1v) is 4.53. The third-order valence-electron chi connectivity index (χ3n) is 2.77. The molecule has 2 atom stereocenters. The lowest BCUT2D eigenvalue weighted by Gasteiger charge is -2.13. The summed E-state index contributed by atoms with van der Waals surface area (Å²) in [6.45, 7) is 2.02.